The fourth-order valence-corrected chi connectivity index (χ4v) is 3.68. The van der Waals surface area contributed by atoms with Gasteiger partial charge in [0.2, 0.25) is 0 Å². The lowest BCUT2D eigenvalue weighted by atomic mass is 10.0. The number of nitrogens with zero attached hydrogens (tertiary/aromatic N) is 1. The molecule has 3 N–H and O–H groups in total. The molecule has 0 aliphatic carbocycles. The Kier molecular flexibility index (Phi) is 3.21. The second kappa shape index (κ2) is 4.87. The minimum Gasteiger partial charge on any atom is -0.506 e. The fourth-order valence-electron chi connectivity index (χ4n) is 2.71. The van der Waals surface area contributed by atoms with Crippen molar-refractivity contribution in [3.63, 3.8) is 0 Å². The summed E-state index contributed by atoms with van der Waals surface area (Å²) in [5.74, 6) is 0.163. The topological polar surface area (TPSA) is 49.5 Å². The summed E-state index contributed by atoms with van der Waals surface area (Å²) in [6, 6.07) is 8.18. The molecule has 0 saturated heterocycles. The average molecular weight is 274 g/mol. The van der Waals surface area contributed by atoms with Crippen molar-refractivity contribution in [2.45, 2.75) is 25.9 Å². The first-order valence-corrected chi connectivity index (χ1v) is 7.41. The molecule has 19 heavy (non-hydrogen) atoms. The smallest absolute Gasteiger partial charge is 0.138 e. The first-order chi connectivity index (χ1) is 9.15. The Morgan fingerprint density at radius 1 is 1.42 bits per heavy atom. The number of phenolic OH excluding ortho intramolecular Hbond substituents is 1. The lowest BCUT2D eigenvalue weighted by molar-refractivity contribution is 0.191. The molecule has 1 aliphatic heterocycles. The Balaban J connectivity index is 1.79. The van der Waals surface area contributed by atoms with Gasteiger partial charge in [0.05, 0.1) is 5.69 Å². The zero-order valence-corrected chi connectivity index (χ0v) is 11.8. The maximum absolute atomic E-state index is 9.47. The van der Waals surface area contributed by atoms with Crippen LogP contribution in [0.5, 0.6) is 5.75 Å². The summed E-state index contributed by atoms with van der Waals surface area (Å²) in [6.45, 7) is 4.21. The number of nitrogens with two attached hydrogens (primary N) is 1. The van der Waals surface area contributed by atoms with E-state index in [-0.39, 0.29) is 5.75 Å². The monoisotopic (exact) mass is 274 g/mol. The van der Waals surface area contributed by atoms with Crippen molar-refractivity contribution in [2.24, 2.45) is 0 Å². The van der Waals surface area contributed by atoms with Gasteiger partial charge in [-0.2, -0.15) is 0 Å². The number of nitrogen functional groups attached to an aromatic ring is 1. The molecule has 2 aromatic rings. The average Bonchev–Trinajstić information content (AvgIpc) is 2.86. The summed E-state index contributed by atoms with van der Waals surface area (Å²) >= 11 is 1.86. The predicted molar refractivity (Wildman–Crippen MR) is 79.4 cm³/mol. The van der Waals surface area contributed by atoms with E-state index in [1.807, 2.05) is 23.5 Å². The summed E-state index contributed by atoms with van der Waals surface area (Å²) in [5.41, 5.74) is 8.83. The van der Waals surface area contributed by atoms with E-state index in [4.69, 9.17) is 5.73 Å². The minimum absolute atomic E-state index is 0.163. The third kappa shape index (κ3) is 2.33. The first-order valence-electron chi connectivity index (χ1n) is 6.53. The maximum Gasteiger partial charge on any atom is 0.138 e. The van der Waals surface area contributed by atoms with Crippen LogP contribution >= 0.6 is 11.3 Å². The zero-order chi connectivity index (χ0) is 13.4. The summed E-state index contributed by atoms with van der Waals surface area (Å²) < 4.78 is 0. The largest absolute Gasteiger partial charge is 0.506 e. The van der Waals surface area contributed by atoms with Crippen LogP contribution in [-0.4, -0.2) is 16.6 Å². The lowest BCUT2D eigenvalue weighted by Gasteiger charge is -2.33. The number of phenols is 1. The normalized spacial score (nSPS) is 19.3. The van der Waals surface area contributed by atoms with Gasteiger partial charge in [-0.3, -0.25) is 4.90 Å². The van der Waals surface area contributed by atoms with Crippen molar-refractivity contribution in [2.75, 3.05) is 12.3 Å². The van der Waals surface area contributed by atoms with Crippen LogP contribution in [0.3, 0.4) is 0 Å². The van der Waals surface area contributed by atoms with Gasteiger partial charge < -0.3 is 10.8 Å². The van der Waals surface area contributed by atoms with Crippen molar-refractivity contribution in [3.05, 3.63) is 45.6 Å². The Bertz CT molecular complexity index is 594. The molecule has 3 rings (SSSR count). The van der Waals surface area contributed by atoms with Crippen molar-refractivity contribution in [1.82, 2.24) is 4.90 Å². The molecule has 0 fully saturated rings. The Morgan fingerprint density at radius 3 is 3.05 bits per heavy atom. The number of thiophene rings is 1. The van der Waals surface area contributed by atoms with Gasteiger partial charge in [0.15, 0.2) is 0 Å². The van der Waals surface area contributed by atoms with Crippen LogP contribution in [0.25, 0.3) is 0 Å². The van der Waals surface area contributed by atoms with Crippen LogP contribution in [0.2, 0.25) is 0 Å². The van der Waals surface area contributed by atoms with E-state index >= 15 is 0 Å². The van der Waals surface area contributed by atoms with Crippen molar-refractivity contribution in [3.8, 4) is 5.75 Å². The van der Waals surface area contributed by atoms with E-state index in [1.54, 1.807) is 6.07 Å². The molecule has 1 aliphatic rings. The fraction of sp³-hybridized carbons (Fsp3) is 0.333. The zero-order valence-electron chi connectivity index (χ0n) is 11.0. The van der Waals surface area contributed by atoms with Crippen molar-refractivity contribution >= 4 is 17.0 Å². The molecule has 100 valence electrons. The molecular formula is C15H18N2OS. The molecule has 3 nitrogen and oxygen atoms in total. The highest BCUT2D eigenvalue weighted by Crippen LogP contribution is 2.34. The SMILES string of the molecule is CC1c2ccsc2CCN1Cc1ccc(O)c(N)c1. The Hall–Kier alpha value is -1.52. The molecule has 1 aromatic heterocycles. The van der Waals surface area contributed by atoms with Crippen LogP contribution in [0.1, 0.15) is 29.0 Å². The third-order valence-electron chi connectivity index (χ3n) is 3.88. The number of fused-ring (bicyclic) bond motifs is 1. The highest BCUT2D eigenvalue weighted by molar-refractivity contribution is 7.10. The lowest BCUT2D eigenvalue weighted by Crippen LogP contribution is -2.32. The predicted octanol–water partition coefficient (Wildman–Crippen LogP) is 3.16. The molecule has 1 unspecified atom stereocenters. The molecule has 4 heteroatoms. The van der Waals surface area contributed by atoms with Crippen LogP contribution in [-0.2, 0) is 13.0 Å². The standard InChI is InChI=1S/C15H18N2OS/c1-10-12-5-7-19-15(12)4-6-17(10)9-11-2-3-14(18)13(16)8-11/h2-3,5,7-8,10,18H,4,6,9,16H2,1H3. The number of benzene rings is 1. The summed E-state index contributed by atoms with van der Waals surface area (Å²) in [5, 5.41) is 11.7. The highest BCUT2D eigenvalue weighted by atomic mass is 32.1. The Morgan fingerprint density at radius 2 is 2.26 bits per heavy atom. The Labute approximate surface area is 117 Å². The maximum atomic E-state index is 9.47. The quantitative estimate of drug-likeness (QED) is 0.653. The summed E-state index contributed by atoms with van der Waals surface area (Å²) in [4.78, 5) is 3.98. The van der Waals surface area contributed by atoms with Gasteiger partial charge in [-0.1, -0.05) is 6.07 Å². The molecule has 1 aromatic carbocycles. The van der Waals surface area contributed by atoms with Crippen LogP contribution < -0.4 is 5.73 Å². The van der Waals surface area contributed by atoms with Crippen molar-refractivity contribution < 1.29 is 5.11 Å². The summed E-state index contributed by atoms with van der Waals surface area (Å²) in [7, 11) is 0. The van der Waals surface area contributed by atoms with E-state index in [9.17, 15) is 5.11 Å². The summed E-state index contributed by atoms with van der Waals surface area (Å²) in [6.07, 6.45) is 1.13. The van der Waals surface area contributed by atoms with Gasteiger partial charge in [0.25, 0.3) is 0 Å². The van der Waals surface area contributed by atoms with Gasteiger partial charge in [-0.25, -0.2) is 0 Å². The molecule has 2 heterocycles. The van der Waals surface area contributed by atoms with Crippen LogP contribution in [0, 0.1) is 0 Å². The third-order valence-corrected chi connectivity index (χ3v) is 4.88. The number of hydrogen-bond donors (Lipinski definition) is 2. The second-order valence-corrected chi connectivity index (χ2v) is 6.09. The van der Waals surface area contributed by atoms with Gasteiger partial charge in [0, 0.05) is 24.0 Å². The first kappa shape index (κ1) is 12.5. The van der Waals surface area contributed by atoms with E-state index < -0.39 is 0 Å². The van der Waals surface area contributed by atoms with Crippen LogP contribution in [0.4, 0.5) is 5.69 Å². The van der Waals surface area contributed by atoms with Gasteiger partial charge in [-0.05, 0) is 48.1 Å². The van der Waals surface area contributed by atoms with Gasteiger partial charge in [-0.15, -0.1) is 11.3 Å². The number of anilines is 1. The van der Waals surface area contributed by atoms with E-state index in [1.165, 1.54) is 10.4 Å². The minimum atomic E-state index is 0.163. The van der Waals surface area contributed by atoms with E-state index in [2.05, 4.69) is 23.3 Å². The van der Waals surface area contributed by atoms with Gasteiger partial charge >= 0.3 is 0 Å². The molecule has 1 atom stereocenters. The number of rotatable bonds is 2. The molecule has 0 amide bonds. The van der Waals surface area contributed by atoms with E-state index in [0.29, 0.717) is 11.7 Å². The van der Waals surface area contributed by atoms with Crippen LogP contribution in [0.15, 0.2) is 29.6 Å². The molecular weight excluding hydrogens is 256 g/mol. The number of aromatic hydroxyl groups is 1. The second-order valence-electron chi connectivity index (χ2n) is 5.09. The molecule has 0 bridgehead atoms. The molecule has 0 spiro atoms. The van der Waals surface area contributed by atoms with Gasteiger partial charge in [0.1, 0.15) is 5.75 Å². The highest BCUT2D eigenvalue weighted by Gasteiger charge is 2.24. The number of hydrogen-bond acceptors (Lipinski definition) is 4. The van der Waals surface area contributed by atoms with E-state index in [0.717, 1.165) is 25.1 Å². The molecule has 0 radical (unpaired) electrons. The molecule has 0 saturated carbocycles. The van der Waals surface area contributed by atoms with Crippen molar-refractivity contribution in [1.29, 1.82) is 0 Å².